The maximum Gasteiger partial charge on any atom is 0.252 e. The SMILES string of the molecule is COCc1nc(Cn2ccnc2-c2cc3ccccc3s2)no1. The molecule has 6 nitrogen and oxygen atoms in total. The molecule has 0 aliphatic carbocycles. The number of benzene rings is 1. The monoisotopic (exact) mass is 326 g/mol. The molecule has 0 N–H and O–H groups in total. The van der Waals surface area contributed by atoms with Gasteiger partial charge in [-0.15, -0.1) is 11.3 Å². The van der Waals surface area contributed by atoms with E-state index in [-0.39, 0.29) is 0 Å². The molecule has 0 radical (unpaired) electrons. The first kappa shape index (κ1) is 14.1. The van der Waals surface area contributed by atoms with Crippen molar-refractivity contribution in [2.24, 2.45) is 0 Å². The van der Waals surface area contributed by atoms with Crippen LogP contribution in [0.3, 0.4) is 0 Å². The molecule has 23 heavy (non-hydrogen) atoms. The molecule has 0 fully saturated rings. The van der Waals surface area contributed by atoms with E-state index in [1.807, 2.05) is 22.9 Å². The minimum atomic E-state index is 0.320. The Morgan fingerprint density at radius 3 is 3.09 bits per heavy atom. The topological polar surface area (TPSA) is 66.0 Å². The molecule has 4 rings (SSSR count). The van der Waals surface area contributed by atoms with Crippen molar-refractivity contribution in [2.45, 2.75) is 13.2 Å². The highest BCUT2D eigenvalue weighted by molar-refractivity contribution is 7.22. The van der Waals surface area contributed by atoms with Crippen LogP contribution < -0.4 is 0 Å². The fraction of sp³-hybridized carbons (Fsp3) is 0.188. The van der Waals surface area contributed by atoms with Crippen molar-refractivity contribution < 1.29 is 9.26 Å². The fourth-order valence-corrected chi connectivity index (χ4v) is 3.52. The number of fused-ring (bicyclic) bond motifs is 1. The van der Waals surface area contributed by atoms with Crippen molar-refractivity contribution in [3.63, 3.8) is 0 Å². The van der Waals surface area contributed by atoms with Crippen LogP contribution in [0.15, 0.2) is 47.2 Å². The van der Waals surface area contributed by atoms with E-state index < -0.39 is 0 Å². The second-order valence-corrected chi connectivity index (χ2v) is 6.15. The van der Waals surface area contributed by atoms with Gasteiger partial charge in [0.25, 0.3) is 5.89 Å². The van der Waals surface area contributed by atoms with Crippen molar-refractivity contribution in [2.75, 3.05) is 7.11 Å². The first-order valence-electron chi connectivity index (χ1n) is 7.14. The average molecular weight is 326 g/mol. The number of methoxy groups -OCH3 is 1. The number of thiophene rings is 1. The second-order valence-electron chi connectivity index (χ2n) is 5.06. The summed E-state index contributed by atoms with van der Waals surface area (Å²) in [6.45, 7) is 0.830. The number of hydrogen-bond acceptors (Lipinski definition) is 6. The molecule has 0 bridgehead atoms. The predicted octanol–water partition coefficient (Wildman–Crippen LogP) is 3.34. The number of rotatable bonds is 5. The zero-order valence-electron chi connectivity index (χ0n) is 12.5. The van der Waals surface area contributed by atoms with E-state index in [2.05, 4.69) is 33.3 Å². The van der Waals surface area contributed by atoms with Gasteiger partial charge in [0.05, 0.1) is 11.4 Å². The van der Waals surface area contributed by atoms with Crippen LogP contribution in [-0.4, -0.2) is 26.8 Å². The van der Waals surface area contributed by atoms with E-state index in [4.69, 9.17) is 9.26 Å². The van der Waals surface area contributed by atoms with Crippen LogP contribution in [-0.2, 0) is 17.9 Å². The quantitative estimate of drug-likeness (QED) is 0.563. The maximum atomic E-state index is 5.13. The Balaban J connectivity index is 1.64. The number of aromatic nitrogens is 4. The zero-order chi connectivity index (χ0) is 15.6. The van der Waals surface area contributed by atoms with E-state index >= 15 is 0 Å². The summed E-state index contributed by atoms with van der Waals surface area (Å²) in [4.78, 5) is 9.91. The highest BCUT2D eigenvalue weighted by Crippen LogP contribution is 2.32. The second kappa shape index (κ2) is 5.94. The van der Waals surface area contributed by atoms with Gasteiger partial charge in [-0.1, -0.05) is 23.4 Å². The van der Waals surface area contributed by atoms with Gasteiger partial charge in [-0.25, -0.2) is 4.98 Å². The Bertz CT molecular complexity index is 907. The van der Waals surface area contributed by atoms with E-state index in [0.29, 0.717) is 24.9 Å². The molecule has 0 saturated carbocycles. The minimum Gasteiger partial charge on any atom is -0.375 e. The molecule has 0 spiro atoms. The third kappa shape index (κ3) is 2.76. The molecule has 3 aromatic heterocycles. The van der Waals surface area contributed by atoms with Crippen LogP contribution in [0.25, 0.3) is 20.8 Å². The zero-order valence-corrected chi connectivity index (χ0v) is 13.3. The summed E-state index contributed by atoms with van der Waals surface area (Å²) in [7, 11) is 1.60. The maximum absolute atomic E-state index is 5.13. The molecule has 3 heterocycles. The summed E-state index contributed by atoms with van der Waals surface area (Å²) in [5.41, 5.74) is 0. The summed E-state index contributed by atoms with van der Waals surface area (Å²) in [6.07, 6.45) is 3.71. The summed E-state index contributed by atoms with van der Waals surface area (Å²) in [5, 5.41) is 5.20. The van der Waals surface area contributed by atoms with Gasteiger partial charge in [0.2, 0.25) is 0 Å². The van der Waals surface area contributed by atoms with Crippen molar-refractivity contribution >= 4 is 21.4 Å². The van der Waals surface area contributed by atoms with Gasteiger partial charge in [-0.05, 0) is 17.5 Å². The molecule has 0 unspecified atom stereocenters. The van der Waals surface area contributed by atoms with Gasteiger partial charge in [0.15, 0.2) is 5.82 Å². The smallest absolute Gasteiger partial charge is 0.252 e. The van der Waals surface area contributed by atoms with Crippen LogP contribution in [0, 0.1) is 0 Å². The molecule has 0 saturated heterocycles. The molecule has 7 heteroatoms. The largest absolute Gasteiger partial charge is 0.375 e. The lowest BCUT2D eigenvalue weighted by Crippen LogP contribution is -2.02. The van der Waals surface area contributed by atoms with Gasteiger partial charge in [0, 0.05) is 24.2 Å². The third-order valence-electron chi connectivity index (χ3n) is 3.45. The van der Waals surface area contributed by atoms with Gasteiger partial charge in [-0.2, -0.15) is 4.98 Å². The first-order chi connectivity index (χ1) is 11.3. The summed E-state index contributed by atoms with van der Waals surface area (Å²) in [6, 6.07) is 10.5. The molecule has 4 aromatic rings. The van der Waals surface area contributed by atoms with Crippen molar-refractivity contribution in [1.29, 1.82) is 0 Å². The number of ether oxygens (including phenoxy) is 1. The molecule has 1 aromatic carbocycles. The first-order valence-corrected chi connectivity index (χ1v) is 7.95. The third-order valence-corrected chi connectivity index (χ3v) is 4.56. The minimum absolute atomic E-state index is 0.320. The normalized spacial score (nSPS) is 11.3. The lowest BCUT2D eigenvalue weighted by molar-refractivity contribution is 0.151. The van der Waals surface area contributed by atoms with Gasteiger partial charge in [-0.3, -0.25) is 0 Å². The fourth-order valence-electron chi connectivity index (χ4n) is 2.44. The Morgan fingerprint density at radius 2 is 2.22 bits per heavy atom. The summed E-state index contributed by atoms with van der Waals surface area (Å²) >= 11 is 1.73. The number of nitrogens with zero attached hydrogens (tertiary/aromatic N) is 4. The molecule has 0 amide bonds. The predicted molar refractivity (Wildman–Crippen MR) is 87.2 cm³/mol. The van der Waals surface area contributed by atoms with E-state index in [1.165, 1.54) is 10.1 Å². The van der Waals surface area contributed by atoms with Crippen molar-refractivity contribution in [1.82, 2.24) is 19.7 Å². The summed E-state index contributed by atoms with van der Waals surface area (Å²) < 4.78 is 13.4. The van der Waals surface area contributed by atoms with Crippen LogP contribution in [0.4, 0.5) is 0 Å². The van der Waals surface area contributed by atoms with Crippen LogP contribution in [0.2, 0.25) is 0 Å². The number of hydrogen-bond donors (Lipinski definition) is 0. The standard InChI is InChI=1S/C16H14N4O2S/c1-21-10-15-18-14(19-22-15)9-20-7-6-17-16(20)13-8-11-4-2-3-5-12(11)23-13/h2-8H,9-10H2,1H3. The Labute approximate surface area is 136 Å². The molecular weight excluding hydrogens is 312 g/mol. The lowest BCUT2D eigenvalue weighted by atomic mass is 10.2. The molecular formula is C16H14N4O2S. The Morgan fingerprint density at radius 1 is 1.30 bits per heavy atom. The van der Waals surface area contributed by atoms with E-state index in [9.17, 15) is 0 Å². The van der Waals surface area contributed by atoms with Gasteiger partial charge >= 0.3 is 0 Å². The Kier molecular flexibility index (Phi) is 3.64. The highest BCUT2D eigenvalue weighted by Gasteiger charge is 2.13. The van der Waals surface area contributed by atoms with Crippen LogP contribution >= 0.6 is 11.3 Å². The van der Waals surface area contributed by atoms with Crippen LogP contribution in [0.1, 0.15) is 11.7 Å². The number of imidazole rings is 1. The molecule has 116 valence electrons. The Hall–Kier alpha value is -2.51. The molecule has 0 aliphatic rings. The average Bonchev–Trinajstić information content (AvgIpc) is 3.27. The van der Waals surface area contributed by atoms with Gasteiger partial charge < -0.3 is 13.8 Å². The lowest BCUT2D eigenvalue weighted by Gasteiger charge is -2.02. The van der Waals surface area contributed by atoms with E-state index in [1.54, 1.807) is 24.6 Å². The van der Waals surface area contributed by atoms with Crippen LogP contribution in [0.5, 0.6) is 0 Å². The van der Waals surface area contributed by atoms with Gasteiger partial charge in [0.1, 0.15) is 12.4 Å². The molecule has 0 aliphatic heterocycles. The van der Waals surface area contributed by atoms with E-state index in [0.717, 1.165) is 10.7 Å². The summed E-state index contributed by atoms with van der Waals surface area (Å²) in [5.74, 6) is 1.99. The highest BCUT2D eigenvalue weighted by atomic mass is 32.1. The van der Waals surface area contributed by atoms with Crippen molar-refractivity contribution in [3.8, 4) is 10.7 Å². The van der Waals surface area contributed by atoms with Crippen molar-refractivity contribution in [3.05, 3.63) is 54.4 Å². The molecule has 0 atom stereocenters.